The number of fused-ring (bicyclic) bond motifs is 3. The van der Waals surface area contributed by atoms with Gasteiger partial charge in [-0.3, -0.25) is 4.79 Å². The maximum atomic E-state index is 13.1. The number of para-hydroxylation sites is 1. The van der Waals surface area contributed by atoms with Gasteiger partial charge in [0, 0.05) is 28.4 Å². The van der Waals surface area contributed by atoms with E-state index in [0.29, 0.717) is 29.4 Å². The number of hydrogen-bond donors (Lipinski definition) is 2. The molecule has 0 unspecified atom stereocenters. The minimum atomic E-state index is -0.185. The molecule has 0 radical (unpaired) electrons. The van der Waals surface area contributed by atoms with Crippen molar-refractivity contribution in [1.29, 1.82) is 0 Å². The smallest absolute Gasteiger partial charge is 0.269 e. The van der Waals surface area contributed by atoms with Crippen molar-refractivity contribution in [2.45, 2.75) is 20.3 Å². The average molecular weight is 461 g/mol. The molecule has 34 heavy (non-hydrogen) atoms. The van der Waals surface area contributed by atoms with Gasteiger partial charge in [0.1, 0.15) is 17.2 Å². The van der Waals surface area contributed by atoms with E-state index in [9.17, 15) is 4.79 Å². The van der Waals surface area contributed by atoms with Crippen molar-refractivity contribution in [3.63, 3.8) is 0 Å². The predicted octanol–water partition coefficient (Wildman–Crippen LogP) is 4.86. The van der Waals surface area contributed by atoms with Crippen LogP contribution < -0.4 is 14.8 Å². The maximum Gasteiger partial charge on any atom is 0.269 e. The van der Waals surface area contributed by atoms with Crippen LogP contribution in [0.1, 0.15) is 30.8 Å². The van der Waals surface area contributed by atoms with Crippen molar-refractivity contribution in [3.8, 4) is 22.8 Å². The molecule has 0 aliphatic rings. The first-order valence-electron chi connectivity index (χ1n) is 11.7. The second kappa shape index (κ2) is 10.6. The van der Waals surface area contributed by atoms with E-state index in [1.54, 1.807) is 14.2 Å². The molecule has 0 spiro atoms. The van der Waals surface area contributed by atoms with Crippen LogP contribution >= 0.6 is 0 Å². The molecule has 2 aromatic carbocycles. The van der Waals surface area contributed by atoms with Gasteiger partial charge < -0.3 is 24.7 Å². The first-order chi connectivity index (χ1) is 16.6. The Balaban J connectivity index is 1.76. The normalized spacial score (nSPS) is 11.3. The van der Waals surface area contributed by atoms with E-state index in [0.717, 1.165) is 53.4 Å². The molecule has 4 aromatic rings. The molecule has 0 atom stereocenters. The number of carbonyl (C=O) groups is 1. The quantitative estimate of drug-likeness (QED) is 0.330. The molecule has 0 saturated heterocycles. The molecule has 0 fully saturated rings. The Morgan fingerprint density at radius 2 is 1.82 bits per heavy atom. The fraction of sp³-hybridized carbons (Fsp3) is 0.333. The lowest BCUT2D eigenvalue weighted by atomic mass is 10.0. The Morgan fingerprint density at radius 1 is 1.03 bits per heavy atom. The molecule has 0 bridgehead atoms. The first kappa shape index (κ1) is 23.6. The maximum absolute atomic E-state index is 13.1. The fourth-order valence-electron chi connectivity index (χ4n) is 4.29. The van der Waals surface area contributed by atoms with Crippen LogP contribution in [0.4, 0.5) is 0 Å². The van der Waals surface area contributed by atoms with Crippen LogP contribution in [-0.2, 0) is 0 Å². The van der Waals surface area contributed by atoms with Gasteiger partial charge in [-0.15, -0.1) is 0 Å². The molecular weight excluding hydrogens is 428 g/mol. The summed E-state index contributed by atoms with van der Waals surface area (Å²) in [4.78, 5) is 23.8. The molecule has 2 heterocycles. The number of H-pyrrole nitrogens is 1. The number of ether oxygens (including phenoxy) is 2. The number of aromatic amines is 1. The number of aromatic nitrogens is 2. The van der Waals surface area contributed by atoms with Crippen LogP contribution in [0.5, 0.6) is 11.5 Å². The third kappa shape index (κ3) is 4.70. The highest BCUT2D eigenvalue weighted by atomic mass is 16.5. The van der Waals surface area contributed by atoms with Crippen LogP contribution in [0.25, 0.3) is 33.1 Å². The second-order valence-corrected chi connectivity index (χ2v) is 8.15. The Kier molecular flexibility index (Phi) is 7.33. The van der Waals surface area contributed by atoms with Gasteiger partial charge in [-0.05, 0) is 56.4 Å². The summed E-state index contributed by atoms with van der Waals surface area (Å²) < 4.78 is 11.1. The molecule has 1 amide bonds. The number of carbonyl (C=O) groups excluding carboxylic acids is 1. The minimum absolute atomic E-state index is 0.185. The summed E-state index contributed by atoms with van der Waals surface area (Å²) in [6.45, 7) is 7.87. The van der Waals surface area contributed by atoms with Gasteiger partial charge in [0.2, 0.25) is 0 Å². The Hall–Kier alpha value is -3.58. The van der Waals surface area contributed by atoms with Crippen molar-refractivity contribution in [2.75, 3.05) is 40.4 Å². The van der Waals surface area contributed by atoms with Crippen LogP contribution in [0, 0.1) is 0 Å². The molecule has 0 saturated carbocycles. The Morgan fingerprint density at radius 3 is 2.56 bits per heavy atom. The SMILES string of the molecule is CCN(CC)CCCNC(=O)c1cc2c([nH]c3ccccc32)c(-c2cc(OC)ccc2OC)n1. The second-order valence-electron chi connectivity index (χ2n) is 8.15. The average Bonchev–Trinajstić information content (AvgIpc) is 3.26. The summed E-state index contributed by atoms with van der Waals surface area (Å²) in [6.07, 6.45) is 0.888. The zero-order chi connectivity index (χ0) is 24.1. The summed E-state index contributed by atoms with van der Waals surface area (Å²) in [7, 11) is 3.25. The molecule has 4 rings (SSSR count). The third-order valence-electron chi connectivity index (χ3n) is 6.22. The van der Waals surface area contributed by atoms with Crippen LogP contribution in [0.3, 0.4) is 0 Å². The standard InChI is InChI=1S/C27H32N4O3/c1-5-31(6-2)15-9-14-28-27(32)23-17-20-19-10-7-8-11-22(19)29-25(20)26(30-23)21-16-18(33-3)12-13-24(21)34-4/h7-8,10-13,16-17,29H,5-6,9,14-15H2,1-4H3,(H,28,32). The van der Waals surface area contributed by atoms with E-state index in [-0.39, 0.29) is 5.91 Å². The van der Waals surface area contributed by atoms with Gasteiger partial charge in [0.25, 0.3) is 5.91 Å². The Labute approximate surface area is 200 Å². The van der Waals surface area contributed by atoms with Gasteiger partial charge in [-0.25, -0.2) is 4.98 Å². The zero-order valence-corrected chi connectivity index (χ0v) is 20.3. The summed E-state index contributed by atoms with van der Waals surface area (Å²) in [5, 5.41) is 5.03. The first-order valence-corrected chi connectivity index (χ1v) is 11.7. The van der Waals surface area contributed by atoms with Gasteiger partial charge in [0.15, 0.2) is 0 Å². The number of pyridine rings is 1. The number of methoxy groups -OCH3 is 2. The van der Waals surface area contributed by atoms with Crippen molar-refractivity contribution in [2.24, 2.45) is 0 Å². The van der Waals surface area contributed by atoms with Crippen molar-refractivity contribution < 1.29 is 14.3 Å². The molecule has 0 aliphatic heterocycles. The van der Waals surface area contributed by atoms with E-state index in [1.807, 2.05) is 48.5 Å². The predicted molar refractivity (Wildman–Crippen MR) is 137 cm³/mol. The third-order valence-corrected chi connectivity index (χ3v) is 6.22. The monoisotopic (exact) mass is 460 g/mol. The highest BCUT2D eigenvalue weighted by molar-refractivity contribution is 6.13. The summed E-state index contributed by atoms with van der Waals surface area (Å²) in [5.41, 5.74) is 3.62. The number of nitrogens with zero attached hydrogens (tertiary/aromatic N) is 2. The van der Waals surface area contributed by atoms with E-state index in [1.165, 1.54) is 0 Å². The largest absolute Gasteiger partial charge is 0.497 e. The van der Waals surface area contributed by atoms with Crippen molar-refractivity contribution in [1.82, 2.24) is 20.2 Å². The van der Waals surface area contributed by atoms with E-state index >= 15 is 0 Å². The van der Waals surface area contributed by atoms with Crippen molar-refractivity contribution >= 4 is 27.7 Å². The van der Waals surface area contributed by atoms with Gasteiger partial charge in [0.05, 0.1) is 25.4 Å². The van der Waals surface area contributed by atoms with Gasteiger partial charge in [-0.2, -0.15) is 0 Å². The summed E-state index contributed by atoms with van der Waals surface area (Å²) >= 11 is 0. The number of benzene rings is 2. The highest BCUT2D eigenvalue weighted by Crippen LogP contribution is 2.38. The molecule has 7 nitrogen and oxygen atoms in total. The fourth-order valence-corrected chi connectivity index (χ4v) is 4.29. The van der Waals surface area contributed by atoms with Crippen LogP contribution in [-0.4, -0.2) is 61.2 Å². The van der Waals surface area contributed by atoms with E-state index in [4.69, 9.17) is 14.5 Å². The topological polar surface area (TPSA) is 79.5 Å². The lowest BCUT2D eigenvalue weighted by Gasteiger charge is -2.17. The van der Waals surface area contributed by atoms with Gasteiger partial charge in [-0.1, -0.05) is 32.0 Å². The van der Waals surface area contributed by atoms with Gasteiger partial charge >= 0.3 is 0 Å². The number of amides is 1. The number of hydrogen-bond acceptors (Lipinski definition) is 5. The number of nitrogens with one attached hydrogen (secondary N) is 2. The van der Waals surface area contributed by atoms with E-state index < -0.39 is 0 Å². The van der Waals surface area contributed by atoms with E-state index in [2.05, 4.69) is 29.0 Å². The van der Waals surface area contributed by atoms with Crippen LogP contribution in [0.15, 0.2) is 48.5 Å². The molecule has 2 N–H and O–H groups in total. The Bertz CT molecular complexity index is 1290. The minimum Gasteiger partial charge on any atom is -0.497 e. The molecule has 2 aromatic heterocycles. The van der Waals surface area contributed by atoms with Crippen LogP contribution in [0.2, 0.25) is 0 Å². The molecule has 0 aliphatic carbocycles. The zero-order valence-electron chi connectivity index (χ0n) is 20.3. The molecule has 7 heteroatoms. The number of rotatable bonds is 10. The lowest BCUT2D eigenvalue weighted by molar-refractivity contribution is 0.0947. The van der Waals surface area contributed by atoms with Crippen molar-refractivity contribution in [3.05, 3.63) is 54.2 Å². The lowest BCUT2D eigenvalue weighted by Crippen LogP contribution is -2.30. The molecular formula is C27H32N4O3. The summed E-state index contributed by atoms with van der Waals surface area (Å²) in [6, 6.07) is 15.5. The highest BCUT2D eigenvalue weighted by Gasteiger charge is 2.20. The molecule has 178 valence electrons. The summed E-state index contributed by atoms with van der Waals surface area (Å²) in [5.74, 6) is 1.16.